The minimum Gasteiger partial charge on any atom is -0.469 e. The Morgan fingerprint density at radius 1 is 0.470 bits per heavy atom. The number of hydrogen-bond donors (Lipinski definition) is 0. The first-order chi connectivity index (χ1) is 32.3. The molecule has 16 rings (SSSR count). The van der Waals surface area contributed by atoms with E-state index in [2.05, 4.69) is 85.7 Å². The van der Waals surface area contributed by atoms with Crippen molar-refractivity contribution in [1.82, 2.24) is 0 Å². The van der Waals surface area contributed by atoms with Gasteiger partial charge >= 0.3 is 11.9 Å². The fourth-order valence-electron chi connectivity index (χ4n) is 20.7. The molecule has 0 aromatic rings. The van der Waals surface area contributed by atoms with Crippen LogP contribution in [0.15, 0.2) is 89.7 Å². The van der Waals surface area contributed by atoms with Crippen molar-refractivity contribution >= 4 is 70.7 Å². The topological polar surface area (TPSA) is 52.6 Å². The molecule has 5 saturated carbocycles. The second-order valence-electron chi connectivity index (χ2n) is 23.1. The molecule has 4 nitrogen and oxygen atoms in total. The van der Waals surface area contributed by atoms with Gasteiger partial charge in [0.2, 0.25) is 0 Å². The Morgan fingerprint density at radius 2 is 0.894 bits per heavy atom. The first-order valence-corrected chi connectivity index (χ1v) is 31.6. The second-order valence-corrected chi connectivity index (χ2v) is 29.7. The van der Waals surface area contributed by atoms with Gasteiger partial charge < -0.3 is 9.47 Å². The predicted octanol–water partition coefficient (Wildman–Crippen LogP) is 12.6. The molecule has 15 atom stereocenters. The monoisotopic (exact) mass is 972 g/mol. The normalized spacial score (nSPS) is 46.4. The van der Waals surface area contributed by atoms with Crippen molar-refractivity contribution in [3.05, 3.63) is 89.7 Å². The van der Waals surface area contributed by atoms with E-state index >= 15 is 0 Å². The summed E-state index contributed by atoms with van der Waals surface area (Å²) < 4.78 is 10.4. The SMILES string of the molecule is CCCS[C@@]12C3=C4[C@H]5C6=C3[C@@]3(SCCC(=O)OC)C7=C1C1CC=C7C7CCC8C(=C73)[C@@]6(SCCC)C3=C6C(CCC38)C3CCC7C(=C3[C@]65SCCC(=O)OC)[C@@]4(SCCC)C3=C2C1CCC37. The summed E-state index contributed by atoms with van der Waals surface area (Å²) in [5, 5.41) is 0. The molecule has 0 amide bonds. The van der Waals surface area contributed by atoms with Gasteiger partial charge in [-0.15, -0.1) is 58.8 Å². The van der Waals surface area contributed by atoms with Crippen molar-refractivity contribution < 1.29 is 19.1 Å². The van der Waals surface area contributed by atoms with Crippen molar-refractivity contribution in [1.29, 1.82) is 0 Å². The van der Waals surface area contributed by atoms with Gasteiger partial charge in [-0.3, -0.25) is 9.59 Å². The molecule has 0 bridgehead atoms. The number of allylic oxidation sites excluding steroid dienone is 2. The maximum atomic E-state index is 13.4. The third-order valence-electron chi connectivity index (χ3n) is 21.4. The zero-order valence-corrected chi connectivity index (χ0v) is 43.5. The van der Waals surface area contributed by atoms with E-state index in [9.17, 15) is 9.59 Å². The van der Waals surface area contributed by atoms with E-state index in [0.717, 1.165) is 11.5 Å². The first-order valence-electron chi connectivity index (χ1n) is 26.6. The van der Waals surface area contributed by atoms with Crippen LogP contribution in [0.4, 0.5) is 0 Å². The van der Waals surface area contributed by atoms with Gasteiger partial charge in [0, 0.05) is 23.3 Å². The summed E-state index contributed by atoms with van der Waals surface area (Å²) in [5.41, 5.74) is 28.6. The molecule has 16 aliphatic carbocycles. The van der Waals surface area contributed by atoms with Crippen molar-refractivity contribution in [3.63, 3.8) is 0 Å². The molecule has 0 N–H and O–H groups in total. The fraction of sp³-hybridized carbons (Fsp3) is 0.684. The van der Waals surface area contributed by atoms with Gasteiger partial charge in [-0.1, -0.05) is 26.8 Å². The number of methoxy groups -OCH3 is 2. The number of carbonyl (C=O) groups excluding carboxylic acids is 2. The Hall–Kier alpha value is -1.39. The van der Waals surface area contributed by atoms with Gasteiger partial charge in [-0.25, -0.2) is 0 Å². The molecule has 16 aliphatic rings. The van der Waals surface area contributed by atoms with Crippen molar-refractivity contribution in [2.45, 2.75) is 134 Å². The van der Waals surface area contributed by atoms with Gasteiger partial charge in [0.1, 0.15) is 0 Å². The Balaban J connectivity index is 1.15. The van der Waals surface area contributed by atoms with Crippen molar-refractivity contribution in [2.24, 2.45) is 59.2 Å². The number of rotatable bonds is 17. The number of esters is 2. The number of ether oxygens (including phenoxy) is 2. The standard InChI is InChI=1S/C57H64O4S5/c1-6-21-62-53-38-26-9-10-27-29-12-16-33-35-18-14-31-30-13-17-34-32-15-11-28(26)40(53)44(32)56(65-24-19-36(58)60-4)46(34)42(30)55(64-23-8-3)43(31)47(35)57(66-25-20-37(59)61-5)45(33)41(29)54(39(27)38,63-22-7-2)49-48(53)51(56)50(55)52(49)57/h15,26-31,33-35,52H,6-14,16-25H2,1-5H3/t26?,27?,28?,29?,30?,31?,33?,34?,35?,52-,53+,54-,55+,56+,57-/m0/s1. The number of thioether (sulfide) groups is 5. The van der Waals surface area contributed by atoms with E-state index in [1.165, 1.54) is 94.3 Å². The van der Waals surface area contributed by atoms with Gasteiger partial charge in [0.15, 0.2) is 0 Å². The molecule has 0 radical (unpaired) electrons. The maximum Gasteiger partial charge on any atom is 0.306 e. The Bertz CT molecular complexity index is 2730. The summed E-state index contributed by atoms with van der Waals surface area (Å²) in [6.45, 7) is 7.38. The zero-order chi connectivity index (χ0) is 44.2. The summed E-state index contributed by atoms with van der Waals surface area (Å²) in [4.78, 5) is 26.8. The van der Waals surface area contributed by atoms with Gasteiger partial charge in [0.05, 0.1) is 50.8 Å². The Kier molecular flexibility index (Phi) is 8.35. The Morgan fingerprint density at radius 3 is 1.44 bits per heavy atom. The minimum atomic E-state index is -0.241. The highest BCUT2D eigenvalue weighted by molar-refractivity contribution is 8.03. The van der Waals surface area contributed by atoms with Crippen molar-refractivity contribution in [3.8, 4) is 0 Å². The van der Waals surface area contributed by atoms with Crippen LogP contribution in [0.2, 0.25) is 0 Å². The summed E-state index contributed by atoms with van der Waals surface area (Å²) in [7, 11) is 3.19. The maximum absolute atomic E-state index is 13.4. The van der Waals surface area contributed by atoms with Gasteiger partial charge in [0.25, 0.3) is 0 Å². The summed E-state index contributed by atoms with van der Waals surface area (Å²) in [6.07, 6.45) is 19.4. The molecular formula is C57H64O4S5. The molecule has 346 valence electrons. The Labute approximate surface area is 413 Å². The van der Waals surface area contributed by atoms with E-state index < -0.39 is 0 Å². The molecule has 9 heteroatoms. The molecule has 0 heterocycles. The molecule has 0 spiro atoms. The number of fused-ring (bicyclic) bond motifs is 5. The van der Waals surface area contributed by atoms with Crippen LogP contribution in [0.3, 0.4) is 0 Å². The van der Waals surface area contributed by atoms with Crippen molar-refractivity contribution in [2.75, 3.05) is 43.0 Å². The van der Waals surface area contributed by atoms with Crippen LogP contribution in [0, 0.1) is 59.2 Å². The average molecular weight is 973 g/mol. The van der Waals surface area contributed by atoms with E-state index in [4.69, 9.17) is 9.47 Å². The summed E-state index contributed by atoms with van der Waals surface area (Å²) >= 11 is 11.9. The summed E-state index contributed by atoms with van der Waals surface area (Å²) in [6, 6.07) is 0. The molecule has 0 aliphatic heterocycles. The first kappa shape index (κ1) is 41.2. The lowest BCUT2D eigenvalue weighted by atomic mass is 9.54. The lowest BCUT2D eigenvalue weighted by molar-refractivity contribution is -0.141. The highest BCUT2D eigenvalue weighted by atomic mass is 32.2. The van der Waals surface area contributed by atoms with Crippen LogP contribution in [-0.2, 0) is 19.1 Å². The van der Waals surface area contributed by atoms with E-state index in [0.29, 0.717) is 72.0 Å². The third kappa shape index (κ3) is 3.91. The molecular weight excluding hydrogens is 909 g/mol. The van der Waals surface area contributed by atoms with Crippen LogP contribution >= 0.6 is 58.8 Å². The van der Waals surface area contributed by atoms with Crippen LogP contribution in [0.1, 0.15) is 111 Å². The molecule has 0 saturated heterocycles. The largest absolute Gasteiger partial charge is 0.469 e. The lowest BCUT2D eigenvalue weighted by Gasteiger charge is -2.61. The highest BCUT2D eigenvalue weighted by Crippen LogP contribution is 2.93. The lowest BCUT2D eigenvalue weighted by Crippen LogP contribution is -2.58. The molecule has 0 aromatic heterocycles. The highest BCUT2D eigenvalue weighted by Gasteiger charge is 2.87. The van der Waals surface area contributed by atoms with Crippen LogP contribution in [0.5, 0.6) is 0 Å². The molecule has 9 unspecified atom stereocenters. The molecule has 5 fully saturated rings. The summed E-state index contributed by atoms with van der Waals surface area (Å²) in [5.74, 6) is 10.9. The van der Waals surface area contributed by atoms with E-state index in [1.54, 1.807) is 25.4 Å². The number of hydrogen-bond acceptors (Lipinski definition) is 9. The van der Waals surface area contributed by atoms with Gasteiger partial charge in [-0.05, 0) is 225 Å². The predicted molar refractivity (Wildman–Crippen MR) is 274 cm³/mol. The average Bonchev–Trinajstić information content (AvgIpc) is 4.15. The minimum absolute atomic E-state index is 0.0492. The fourth-order valence-corrected chi connectivity index (χ4v) is 29.4. The quantitative estimate of drug-likeness (QED) is 0.105. The zero-order valence-electron chi connectivity index (χ0n) is 39.5. The van der Waals surface area contributed by atoms with E-state index in [-0.39, 0.29) is 35.7 Å². The van der Waals surface area contributed by atoms with Crippen LogP contribution in [0.25, 0.3) is 0 Å². The van der Waals surface area contributed by atoms with Gasteiger partial charge in [-0.2, -0.15) is 0 Å². The van der Waals surface area contributed by atoms with E-state index in [1.807, 2.05) is 72.5 Å². The smallest absolute Gasteiger partial charge is 0.306 e. The molecule has 66 heavy (non-hydrogen) atoms. The van der Waals surface area contributed by atoms with Crippen LogP contribution in [-0.4, -0.2) is 78.7 Å². The van der Waals surface area contributed by atoms with Crippen LogP contribution < -0.4 is 0 Å². The number of carbonyl (C=O) groups is 2. The molecule has 0 aromatic carbocycles. The second kappa shape index (κ2) is 13.4. The third-order valence-corrected chi connectivity index (χ3v) is 29.5.